The van der Waals surface area contributed by atoms with E-state index in [1.165, 1.54) is 18.1 Å². The minimum Gasteiger partial charge on any atom is -0.325 e. The molecule has 0 unspecified atom stereocenters. The second-order valence-electron chi connectivity index (χ2n) is 7.45. The van der Waals surface area contributed by atoms with E-state index in [4.69, 9.17) is 0 Å². The van der Waals surface area contributed by atoms with Crippen LogP contribution < -0.4 is 5.32 Å². The lowest BCUT2D eigenvalue weighted by atomic mass is 10.0. The van der Waals surface area contributed by atoms with Crippen molar-refractivity contribution in [3.8, 4) is 11.1 Å². The van der Waals surface area contributed by atoms with E-state index in [-0.39, 0.29) is 11.7 Å². The lowest BCUT2D eigenvalue weighted by molar-refractivity contribution is -0.113. The van der Waals surface area contributed by atoms with Gasteiger partial charge in [-0.05, 0) is 17.2 Å². The highest BCUT2D eigenvalue weighted by molar-refractivity contribution is 8.00. The molecule has 5 aromatic rings. The third-order valence-electron chi connectivity index (χ3n) is 5.20. The van der Waals surface area contributed by atoms with Crippen molar-refractivity contribution in [3.05, 3.63) is 103 Å². The van der Waals surface area contributed by atoms with Gasteiger partial charge >= 0.3 is 0 Å². The Morgan fingerprint density at radius 1 is 0.879 bits per heavy atom. The summed E-state index contributed by atoms with van der Waals surface area (Å²) in [4.78, 5) is 21.6. The summed E-state index contributed by atoms with van der Waals surface area (Å²) in [6.07, 6.45) is 3.29. The van der Waals surface area contributed by atoms with Crippen LogP contribution in [0.2, 0.25) is 0 Å². The average molecular weight is 452 g/mol. The quantitative estimate of drug-likeness (QED) is 0.269. The van der Waals surface area contributed by atoms with Gasteiger partial charge in [-0.2, -0.15) is 5.10 Å². The Balaban J connectivity index is 1.29. The first-order valence-corrected chi connectivity index (χ1v) is 11.5. The molecule has 6 nitrogen and oxygen atoms in total. The summed E-state index contributed by atoms with van der Waals surface area (Å²) in [6, 6.07) is 28.0. The van der Waals surface area contributed by atoms with Crippen LogP contribution in [-0.2, 0) is 11.3 Å². The molecule has 7 heteroatoms. The fourth-order valence-corrected chi connectivity index (χ4v) is 4.40. The van der Waals surface area contributed by atoms with Crippen LogP contribution in [0.3, 0.4) is 0 Å². The second-order valence-corrected chi connectivity index (χ2v) is 8.42. The van der Waals surface area contributed by atoms with E-state index in [0.717, 1.165) is 38.4 Å². The van der Waals surface area contributed by atoms with Gasteiger partial charge in [0.05, 0.1) is 23.9 Å². The largest absolute Gasteiger partial charge is 0.325 e. The molecular weight excluding hydrogens is 430 g/mol. The van der Waals surface area contributed by atoms with Crippen molar-refractivity contribution >= 4 is 34.4 Å². The highest BCUT2D eigenvalue weighted by Gasteiger charge is 2.13. The summed E-state index contributed by atoms with van der Waals surface area (Å²) in [5.74, 6) is 0.144. The Morgan fingerprint density at radius 3 is 2.42 bits per heavy atom. The Kier molecular flexibility index (Phi) is 6.12. The second kappa shape index (κ2) is 9.67. The smallest absolute Gasteiger partial charge is 0.234 e. The molecule has 33 heavy (non-hydrogen) atoms. The van der Waals surface area contributed by atoms with Gasteiger partial charge in [0.15, 0.2) is 5.65 Å². The molecule has 0 aliphatic heterocycles. The van der Waals surface area contributed by atoms with Gasteiger partial charge in [-0.25, -0.2) is 14.6 Å². The molecular formula is C26H21N5OS. The first kappa shape index (κ1) is 20.9. The van der Waals surface area contributed by atoms with Gasteiger partial charge in [-0.15, -0.1) is 0 Å². The summed E-state index contributed by atoms with van der Waals surface area (Å²) >= 11 is 1.38. The molecule has 0 radical (unpaired) electrons. The van der Waals surface area contributed by atoms with Gasteiger partial charge in [-0.1, -0.05) is 90.6 Å². The zero-order valence-electron chi connectivity index (χ0n) is 17.8. The molecule has 2 heterocycles. The highest BCUT2D eigenvalue weighted by atomic mass is 32.2. The predicted octanol–water partition coefficient (Wildman–Crippen LogP) is 5.27. The van der Waals surface area contributed by atoms with Crippen molar-refractivity contribution in [1.29, 1.82) is 0 Å². The normalized spacial score (nSPS) is 10.9. The number of benzene rings is 3. The van der Waals surface area contributed by atoms with E-state index >= 15 is 0 Å². The van der Waals surface area contributed by atoms with Gasteiger partial charge in [0.1, 0.15) is 11.4 Å². The Morgan fingerprint density at radius 2 is 1.61 bits per heavy atom. The van der Waals surface area contributed by atoms with E-state index in [1.807, 2.05) is 77.5 Å². The minimum absolute atomic E-state index is 0.0909. The molecule has 5 rings (SSSR count). The third kappa shape index (κ3) is 4.78. The van der Waals surface area contributed by atoms with Gasteiger partial charge in [0, 0.05) is 11.3 Å². The number of nitrogens with one attached hydrogen (secondary N) is 1. The highest BCUT2D eigenvalue weighted by Crippen LogP contribution is 2.29. The van der Waals surface area contributed by atoms with Crippen LogP contribution >= 0.6 is 11.8 Å². The number of fused-ring (bicyclic) bond motifs is 1. The van der Waals surface area contributed by atoms with Crippen LogP contribution in [0.1, 0.15) is 5.56 Å². The van der Waals surface area contributed by atoms with Gasteiger partial charge in [-0.3, -0.25) is 4.79 Å². The third-order valence-corrected chi connectivity index (χ3v) is 6.20. The predicted molar refractivity (Wildman–Crippen MR) is 132 cm³/mol. The monoisotopic (exact) mass is 451 g/mol. The fraction of sp³-hybridized carbons (Fsp3) is 0.0769. The molecule has 1 amide bonds. The number of anilines is 1. The van der Waals surface area contributed by atoms with Crippen LogP contribution in [0, 0.1) is 0 Å². The molecule has 0 saturated heterocycles. The molecule has 0 fully saturated rings. The average Bonchev–Trinajstić information content (AvgIpc) is 3.27. The summed E-state index contributed by atoms with van der Waals surface area (Å²) in [7, 11) is 0. The maximum Gasteiger partial charge on any atom is 0.234 e. The first-order valence-electron chi connectivity index (χ1n) is 10.6. The van der Waals surface area contributed by atoms with E-state index in [0.29, 0.717) is 6.54 Å². The van der Waals surface area contributed by atoms with Crippen molar-refractivity contribution in [2.45, 2.75) is 11.6 Å². The number of rotatable bonds is 7. The fourth-order valence-electron chi connectivity index (χ4n) is 3.64. The zero-order chi connectivity index (χ0) is 22.5. The number of hydrogen-bond donors (Lipinski definition) is 1. The Labute approximate surface area is 195 Å². The molecule has 0 spiro atoms. The number of para-hydroxylation sites is 1. The van der Waals surface area contributed by atoms with Crippen molar-refractivity contribution < 1.29 is 4.79 Å². The number of carbonyl (C=O) groups is 1. The van der Waals surface area contributed by atoms with Gasteiger partial charge in [0.25, 0.3) is 0 Å². The maximum absolute atomic E-state index is 12.8. The molecule has 0 aliphatic carbocycles. The van der Waals surface area contributed by atoms with Crippen LogP contribution in [-0.4, -0.2) is 31.4 Å². The van der Waals surface area contributed by atoms with E-state index in [2.05, 4.69) is 32.5 Å². The van der Waals surface area contributed by atoms with Crippen molar-refractivity contribution in [2.75, 3.05) is 11.1 Å². The maximum atomic E-state index is 12.8. The van der Waals surface area contributed by atoms with Crippen molar-refractivity contribution in [1.82, 2.24) is 19.7 Å². The summed E-state index contributed by atoms with van der Waals surface area (Å²) in [5.41, 5.74) is 4.74. The number of carbonyl (C=O) groups excluding carboxylic acids is 1. The summed E-state index contributed by atoms with van der Waals surface area (Å²) < 4.78 is 1.85. The Hall–Kier alpha value is -3.97. The van der Waals surface area contributed by atoms with Crippen LogP contribution in [0.15, 0.2) is 102 Å². The van der Waals surface area contributed by atoms with E-state index in [9.17, 15) is 4.79 Å². The molecule has 3 aromatic carbocycles. The standard InChI is InChI=1S/C26H21N5OS/c32-24(30-23-14-8-7-13-21(23)20-11-5-2-6-12-20)17-33-26-22-15-29-31(25(22)27-18-28-26)16-19-9-3-1-4-10-19/h1-15,18H,16-17H2,(H,30,32). The number of thioether (sulfide) groups is 1. The Bertz CT molecular complexity index is 1390. The van der Waals surface area contributed by atoms with E-state index in [1.54, 1.807) is 6.20 Å². The molecule has 2 aromatic heterocycles. The topological polar surface area (TPSA) is 72.7 Å². The summed E-state index contributed by atoms with van der Waals surface area (Å²) in [5, 5.41) is 9.12. The SMILES string of the molecule is O=C(CSc1ncnc2c1cnn2Cc1ccccc1)Nc1ccccc1-c1ccccc1. The lowest BCUT2D eigenvalue weighted by Gasteiger charge is -2.11. The van der Waals surface area contributed by atoms with Gasteiger partial charge in [0.2, 0.25) is 5.91 Å². The minimum atomic E-state index is -0.0909. The van der Waals surface area contributed by atoms with E-state index < -0.39 is 0 Å². The molecule has 0 atom stereocenters. The first-order chi connectivity index (χ1) is 16.3. The van der Waals surface area contributed by atoms with Crippen molar-refractivity contribution in [2.24, 2.45) is 0 Å². The molecule has 0 aliphatic rings. The molecule has 0 bridgehead atoms. The number of aromatic nitrogens is 4. The van der Waals surface area contributed by atoms with Crippen LogP contribution in [0.4, 0.5) is 5.69 Å². The zero-order valence-corrected chi connectivity index (χ0v) is 18.6. The van der Waals surface area contributed by atoms with Crippen LogP contribution in [0.5, 0.6) is 0 Å². The van der Waals surface area contributed by atoms with Crippen molar-refractivity contribution in [3.63, 3.8) is 0 Å². The number of amides is 1. The number of nitrogens with zero attached hydrogens (tertiary/aromatic N) is 4. The molecule has 162 valence electrons. The number of hydrogen-bond acceptors (Lipinski definition) is 5. The summed E-state index contributed by atoms with van der Waals surface area (Å²) in [6.45, 7) is 0.627. The van der Waals surface area contributed by atoms with Gasteiger partial charge < -0.3 is 5.32 Å². The molecule has 1 N–H and O–H groups in total. The lowest BCUT2D eigenvalue weighted by Crippen LogP contribution is -2.14. The van der Waals surface area contributed by atoms with Crippen LogP contribution in [0.25, 0.3) is 22.2 Å². The molecule has 0 saturated carbocycles.